The quantitative estimate of drug-likeness (QED) is 0.425. The number of aromatic nitrogens is 1. The number of pyridine rings is 1. The van der Waals surface area contributed by atoms with Crippen LogP contribution in [0.2, 0.25) is 0 Å². The van der Waals surface area contributed by atoms with E-state index < -0.39 is 4.92 Å². The molecule has 1 aromatic heterocycles. The average Bonchev–Trinajstić information content (AvgIpc) is 3.52. The Labute approximate surface area is 154 Å². The van der Waals surface area contributed by atoms with Crippen molar-refractivity contribution in [3.8, 4) is 0 Å². The smallest absolute Gasteiger partial charge is 0.267 e. The van der Waals surface area contributed by atoms with E-state index in [-0.39, 0.29) is 11.6 Å². The summed E-state index contributed by atoms with van der Waals surface area (Å²) in [5, 5.41) is 15.5. The van der Waals surface area contributed by atoms with Crippen LogP contribution in [0, 0.1) is 10.1 Å². The molecule has 2 aromatic carbocycles. The molecule has 0 bridgehead atoms. The monoisotopic (exact) mass is 360 g/mol. The lowest BCUT2D eigenvalue weighted by Gasteiger charge is -2.08. The molecule has 27 heavy (non-hydrogen) atoms. The van der Waals surface area contributed by atoms with Crippen molar-refractivity contribution in [1.82, 2.24) is 10.4 Å². The van der Waals surface area contributed by atoms with E-state index in [1.165, 1.54) is 18.3 Å². The van der Waals surface area contributed by atoms with Crippen LogP contribution in [0.5, 0.6) is 0 Å². The highest BCUT2D eigenvalue weighted by molar-refractivity contribution is 6.06. The molecule has 1 aliphatic carbocycles. The fourth-order valence-corrected chi connectivity index (χ4v) is 2.92. The third-order valence-corrected chi connectivity index (χ3v) is 4.44. The zero-order valence-electron chi connectivity index (χ0n) is 14.3. The van der Waals surface area contributed by atoms with Crippen LogP contribution in [-0.4, -0.2) is 22.0 Å². The lowest BCUT2D eigenvalue weighted by molar-refractivity contribution is -0.384. The molecule has 1 fully saturated rings. The molecule has 0 unspecified atom stereocenters. The Hall–Kier alpha value is -3.61. The number of hydrogen-bond acceptors (Lipinski definition) is 5. The molecule has 0 atom stereocenters. The lowest BCUT2D eigenvalue weighted by atomic mass is 10.1. The second-order valence-electron chi connectivity index (χ2n) is 6.44. The zero-order chi connectivity index (χ0) is 18.8. The van der Waals surface area contributed by atoms with E-state index in [9.17, 15) is 14.9 Å². The van der Waals surface area contributed by atoms with Gasteiger partial charge in [0.1, 0.15) is 0 Å². The minimum Gasteiger partial charge on any atom is -0.267 e. The molecule has 0 aliphatic heterocycles. The zero-order valence-corrected chi connectivity index (χ0v) is 14.3. The van der Waals surface area contributed by atoms with Gasteiger partial charge in [-0.2, -0.15) is 5.10 Å². The minimum atomic E-state index is -0.474. The second-order valence-corrected chi connectivity index (χ2v) is 6.44. The molecular formula is C20H16N4O3. The van der Waals surface area contributed by atoms with Gasteiger partial charge < -0.3 is 0 Å². The third-order valence-electron chi connectivity index (χ3n) is 4.44. The van der Waals surface area contributed by atoms with Crippen LogP contribution in [0.3, 0.4) is 0 Å². The molecule has 3 aromatic rings. The summed E-state index contributed by atoms with van der Waals surface area (Å²) in [6.45, 7) is 0. The predicted molar refractivity (Wildman–Crippen MR) is 102 cm³/mol. The van der Waals surface area contributed by atoms with Crippen LogP contribution in [0.15, 0.2) is 59.7 Å². The van der Waals surface area contributed by atoms with Crippen molar-refractivity contribution in [3.63, 3.8) is 0 Å². The molecule has 1 aliphatic rings. The number of nitrogens with zero attached hydrogens (tertiary/aromatic N) is 3. The molecule has 1 N–H and O–H groups in total. The van der Waals surface area contributed by atoms with Gasteiger partial charge in [0, 0.05) is 34.7 Å². The van der Waals surface area contributed by atoms with Gasteiger partial charge in [0.2, 0.25) is 0 Å². The number of benzene rings is 2. The lowest BCUT2D eigenvalue weighted by Crippen LogP contribution is -2.18. The molecular weight excluding hydrogens is 344 g/mol. The van der Waals surface area contributed by atoms with Gasteiger partial charge in [0.15, 0.2) is 0 Å². The SMILES string of the molecule is O=C(NN=Cc1cccc([N+](=O)[O-])c1)c1cc(C2CC2)nc2ccccc12. The summed E-state index contributed by atoms with van der Waals surface area (Å²) in [6, 6.07) is 15.4. The summed E-state index contributed by atoms with van der Waals surface area (Å²) in [6.07, 6.45) is 3.57. The van der Waals surface area contributed by atoms with E-state index >= 15 is 0 Å². The molecule has 1 amide bonds. The van der Waals surface area contributed by atoms with Crippen molar-refractivity contribution < 1.29 is 9.72 Å². The Kier molecular flexibility index (Phi) is 4.33. The van der Waals surface area contributed by atoms with Gasteiger partial charge in [-0.25, -0.2) is 5.43 Å². The Balaban J connectivity index is 1.58. The van der Waals surface area contributed by atoms with Gasteiger partial charge >= 0.3 is 0 Å². The van der Waals surface area contributed by atoms with Crippen LogP contribution >= 0.6 is 0 Å². The molecule has 7 heteroatoms. The normalized spacial score (nSPS) is 13.8. The summed E-state index contributed by atoms with van der Waals surface area (Å²) in [4.78, 5) is 27.7. The van der Waals surface area contributed by atoms with Gasteiger partial charge in [0.25, 0.3) is 11.6 Å². The summed E-state index contributed by atoms with van der Waals surface area (Å²) < 4.78 is 0. The number of carbonyl (C=O) groups is 1. The van der Waals surface area contributed by atoms with Crippen molar-refractivity contribution in [1.29, 1.82) is 0 Å². The number of rotatable bonds is 5. The molecule has 1 heterocycles. The predicted octanol–water partition coefficient (Wildman–Crippen LogP) is 3.78. The van der Waals surface area contributed by atoms with Gasteiger partial charge in [0.05, 0.1) is 22.2 Å². The largest absolute Gasteiger partial charge is 0.272 e. The molecule has 0 saturated heterocycles. The van der Waals surface area contributed by atoms with Crippen molar-refractivity contribution in [2.45, 2.75) is 18.8 Å². The fraction of sp³-hybridized carbons (Fsp3) is 0.150. The van der Waals surface area contributed by atoms with E-state index in [1.54, 1.807) is 12.1 Å². The number of hydrogen-bond donors (Lipinski definition) is 1. The topological polar surface area (TPSA) is 97.5 Å². The number of non-ortho nitro benzene ring substituents is 1. The van der Waals surface area contributed by atoms with E-state index in [2.05, 4.69) is 15.5 Å². The van der Waals surface area contributed by atoms with E-state index in [4.69, 9.17) is 0 Å². The summed E-state index contributed by atoms with van der Waals surface area (Å²) in [5.41, 5.74) is 5.26. The first kappa shape index (κ1) is 16.8. The van der Waals surface area contributed by atoms with Crippen LogP contribution in [0.4, 0.5) is 5.69 Å². The van der Waals surface area contributed by atoms with Gasteiger partial charge in [-0.3, -0.25) is 19.9 Å². The summed E-state index contributed by atoms with van der Waals surface area (Å²) in [5.74, 6) is 0.0895. The Morgan fingerprint density at radius 2 is 2.00 bits per heavy atom. The van der Waals surface area contributed by atoms with Crippen LogP contribution < -0.4 is 5.43 Å². The Morgan fingerprint density at radius 1 is 1.19 bits per heavy atom. The van der Waals surface area contributed by atoms with Gasteiger partial charge in [-0.1, -0.05) is 30.3 Å². The third kappa shape index (κ3) is 3.67. The second kappa shape index (κ2) is 6.95. The maximum absolute atomic E-state index is 12.7. The number of nitro benzene ring substituents is 1. The van der Waals surface area contributed by atoms with Crippen LogP contribution in [-0.2, 0) is 0 Å². The van der Waals surface area contributed by atoms with Crippen molar-refractivity contribution in [2.24, 2.45) is 5.10 Å². The maximum Gasteiger partial charge on any atom is 0.272 e. The van der Waals surface area contributed by atoms with Crippen molar-refractivity contribution in [2.75, 3.05) is 0 Å². The van der Waals surface area contributed by atoms with Crippen molar-refractivity contribution in [3.05, 3.63) is 81.5 Å². The summed E-state index contributed by atoms with van der Waals surface area (Å²) in [7, 11) is 0. The maximum atomic E-state index is 12.7. The first-order valence-electron chi connectivity index (χ1n) is 8.59. The number of nitrogens with one attached hydrogen (secondary N) is 1. The first-order chi connectivity index (χ1) is 13.1. The molecule has 7 nitrogen and oxygen atoms in total. The fourth-order valence-electron chi connectivity index (χ4n) is 2.92. The Bertz CT molecular complexity index is 1070. The number of fused-ring (bicyclic) bond motifs is 1. The number of nitro groups is 1. The first-order valence-corrected chi connectivity index (χ1v) is 8.59. The number of amides is 1. The minimum absolute atomic E-state index is 0.0283. The van der Waals surface area contributed by atoms with Crippen molar-refractivity contribution >= 4 is 28.7 Å². The number of carbonyl (C=O) groups excluding carboxylic acids is 1. The molecule has 0 radical (unpaired) electrons. The molecule has 1 saturated carbocycles. The molecule has 134 valence electrons. The standard InChI is InChI=1S/C20H16N4O3/c25-20(23-21-12-13-4-3-5-15(10-13)24(26)27)17-11-19(14-8-9-14)22-18-7-2-1-6-16(17)18/h1-7,10-12,14H,8-9H2,(H,23,25). The van der Waals surface area contributed by atoms with E-state index in [1.807, 2.05) is 30.3 Å². The molecule has 0 spiro atoms. The summed E-state index contributed by atoms with van der Waals surface area (Å²) >= 11 is 0. The van der Waals surface area contributed by atoms with E-state index in [0.29, 0.717) is 17.0 Å². The van der Waals surface area contributed by atoms with Gasteiger partial charge in [-0.05, 0) is 25.0 Å². The van der Waals surface area contributed by atoms with Gasteiger partial charge in [-0.15, -0.1) is 0 Å². The Morgan fingerprint density at radius 3 is 2.78 bits per heavy atom. The van der Waals surface area contributed by atoms with Crippen LogP contribution in [0.25, 0.3) is 10.9 Å². The highest BCUT2D eigenvalue weighted by Gasteiger charge is 2.26. The highest BCUT2D eigenvalue weighted by atomic mass is 16.6. The number of hydrazone groups is 1. The van der Waals surface area contributed by atoms with E-state index in [0.717, 1.165) is 29.4 Å². The average molecular weight is 360 g/mol. The van der Waals surface area contributed by atoms with Crippen LogP contribution in [0.1, 0.15) is 40.4 Å². The molecule has 4 rings (SSSR count). The highest BCUT2D eigenvalue weighted by Crippen LogP contribution is 2.40. The number of para-hydroxylation sites is 1.